The number of benzene rings is 1. The van der Waals surface area contributed by atoms with Crippen molar-refractivity contribution >= 4 is 50.8 Å². The fourth-order valence-corrected chi connectivity index (χ4v) is 6.39. The van der Waals surface area contributed by atoms with E-state index in [1.807, 2.05) is 11.0 Å². The summed E-state index contributed by atoms with van der Waals surface area (Å²) in [6, 6.07) is 10.3. The highest BCUT2D eigenvalue weighted by Gasteiger charge is 2.30. The van der Waals surface area contributed by atoms with Gasteiger partial charge < -0.3 is 14.7 Å². The van der Waals surface area contributed by atoms with Crippen molar-refractivity contribution in [1.82, 2.24) is 24.5 Å². The van der Waals surface area contributed by atoms with Gasteiger partial charge in [-0.2, -0.15) is 9.29 Å². The molecular weight excluding hydrogens is 502 g/mol. The predicted molar refractivity (Wildman–Crippen MR) is 138 cm³/mol. The van der Waals surface area contributed by atoms with Crippen LogP contribution in [0.25, 0.3) is 6.08 Å². The lowest BCUT2D eigenvalue weighted by atomic mass is 10.3. The minimum absolute atomic E-state index is 0.280. The first kappa shape index (κ1) is 24.7. The summed E-state index contributed by atoms with van der Waals surface area (Å²) >= 11 is 0.846. The third kappa shape index (κ3) is 5.24. The lowest BCUT2D eigenvalue weighted by Gasteiger charge is -2.36. The standard InChI is InChI=1S/C23H27N7O4S2/c1-27-7-9-28(10-8-27)20-16-17(15-19-21(31)26-23(32)35-19)24-22(25-20)29-11-13-30(14-12-29)36(33,34)18-5-3-2-4-6-18/h2-6,15-16H,7-14H2,1H3,(H,26,31,32). The lowest BCUT2D eigenvalue weighted by Crippen LogP contribution is -2.49. The summed E-state index contributed by atoms with van der Waals surface area (Å²) in [5.41, 5.74) is 0.528. The van der Waals surface area contributed by atoms with Gasteiger partial charge in [0.2, 0.25) is 16.0 Å². The van der Waals surface area contributed by atoms with Gasteiger partial charge >= 0.3 is 0 Å². The topological polar surface area (TPSA) is 119 Å². The SMILES string of the molecule is CN1CCN(c2cc(C=C3SC(=O)NC3=O)nc(N3CCN(S(=O)(=O)c4ccccc4)CC3)n2)CC1. The maximum Gasteiger partial charge on any atom is 0.290 e. The molecule has 190 valence electrons. The number of anilines is 2. The second-order valence-corrected chi connectivity index (χ2v) is 11.8. The van der Waals surface area contributed by atoms with Gasteiger partial charge in [-0.15, -0.1) is 0 Å². The molecule has 0 unspecified atom stereocenters. The summed E-state index contributed by atoms with van der Waals surface area (Å²) in [6.07, 6.45) is 1.60. The minimum atomic E-state index is -3.57. The van der Waals surface area contributed by atoms with Crippen LogP contribution in [0.2, 0.25) is 0 Å². The van der Waals surface area contributed by atoms with E-state index in [1.54, 1.807) is 36.4 Å². The van der Waals surface area contributed by atoms with Gasteiger partial charge in [-0.3, -0.25) is 14.9 Å². The number of hydrogen-bond donors (Lipinski definition) is 1. The molecule has 3 saturated heterocycles. The second kappa shape index (κ2) is 10.2. The Morgan fingerprint density at radius 2 is 1.58 bits per heavy atom. The van der Waals surface area contributed by atoms with Gasteiger partial charge in [-0.1, -0.05) is 18.2 Å². The zero-order valence-electron chi connectivity index (χ0n) is 19.8. The third-order valence-corrected chi connectivity index (χ3v) is 9.09. The molecule has 2 aromatic rings. The van der Waals surface area contributed by atoms with Gasteiger partial charge in [0.1, 0.15) is 5.82 Å². The smallest absolute Gasteiger partial charge is 0.290 e. The number of nitrogens with one attached hydrogen (secondary N) is 1. The molecule has 0 radical (unpaired) electrons. The van der Waals surface area contributed by atoms with E-state index in [1.165, 1.54) is 4.31 Å². The van der Waals surface area contributed by atoms with Crippen molar-refractivity contribution in [3.05, 3.63) is 47.0 Å². The summed E-state index contributed by atoms with van der Waals surface area (Å²) < 4.78 is 27.5. The number of aromatic nitrogens is 2. The van der Waals surface area contributed by atoms with E-state index in [0.29, 0.717) is 37.8 Å². The lowest BCUT2D eigenvalue weighted by molar-refractivity contribution is -0.115. The number of hydrogen-bond acceptors (Lipinski definition) is 10. The Bertz CT molecular complexity index is 1290. The molecule has 1 aromatic carbocycles. The van der Waals surface area contributed by atoms with E-state index in [4.69, 9.17) is 4.98 Å². The summed E-state index contributed by atoms with van der Waals surface area (Å²) in [5.74, 6) is 0.782. The third-order valence-electron chi connectivity index (χ3n) is 6.37. The number of carbonyl (C=O) groups excluding carboxylic acids is 2. The first-order valence-corrected chi connectivity index (χ1v) is 13.9. The molecule has 0 bridgehead atoms. The van der Waals surface area contributed by atoms with Crippen molar-refractivity contribution in [2.45, 2.75) is 4.90 Å². The molecule has 13 heteroatoms. The van der Waals surface area contributed by atoms with E-state index >= 15 is 0 Å². The Hall–Kier alpha value is -3.00. The summed E-state index contributed by atoms with van der Waals surface area (Å²) in [5, 5.41) is 1.86. The number of imide groups is 1. The van der Waals surface area contributed by atoms with Crippen molar-refractivity contribution in [3.8, 4) is 0 Å². The molecule has 4 heterocycles. The van der Waals surface area contributed by atoms with Crippen molar-refractivity contribution in [1.29, 1.82) is 0 Å². The molecule has 2 amide bonds. The fraction of sp³-hybridized carbons (Fsp3) is 0.391. The number of sulfonamides is 1. The van der Waals surface area contributed by atoms with Crippen LogP contribution in [0.1, 0.15) is 5.69 Å². The van der Waals surface area contributed by atoms with Crippen LogP contribution in [0.3, 0.4) is 0 Å². The van der Waals surface area contributed by atoms with E-state index in [9.17, 15) is 18.0 Å². The Morgan fingerprint density at radius 3 is 2.22 bits per heavy atom. The normalized spacial score (nSPS) is 21.3. The van der Waals surface area contributed by atoms with Crippen LogP contribution in [0.5, 0.6) is 0 Å². The Labute approximate surface area is 214 Å². The van der Waals surface area contributed by atoms with E-state index in [-0.39, 0.29) is 9.80 Å². The molecular formula is C23H27N7O4S2. The molecule has 3 fully saturated rings. The van der Waals surface area contributed by atoms with E-state index < -0.39 is 21.2 Å². The number of amides is 2. The number of rotatable bonds is 5. The van der Waals surface area contributed by atoms with E-state index in [2.05, 4.69) is 27.1 Å². The summed E-state index contributed by atoms with van der Waals surface area (Å²) in [6.45, 7) is 4.89. The molecule has 0 atom stereocenters. The molecule has 1 N–H and O–H groups in total. The van der Waals surface area contributed by atoms with Crippen LogP contribution in [0.4, 0.5) is 16.6 Å². The van der Waals surface area contributed by atoms with Crippen LogP contribution in [0.15, 0.2) is 46.2 Å². The maximum absolute atomic E-state index is 13.0. The molecule has 5 rings (SSSR count). The van der Waals surface area contributed by atoms with Gasteiger partial charge in [0.15, 0.2) is 0 Å². The molecule has 11 nitrogen and oxygen atoms in total. The fourth-order valence-electron chi connectivity index (χ4n) is 4.28. The minimum Gasteiger partial charge on any atom is -0.354 e. The van der Waals surface area contributed by atoms with Gasteiger partial charge in [0.25, 0.3) is 11.1 Å². The molecule has 1 aromatic heterocycles. The maximum atomic E-state index is 13.0. The molecule has 36 heavy (non-hydrogen) atoms. The molecule has 0 aliphatic carbocycles. The number of piperazine rings is 2. The molecule has 0 spiro atoms. The Morgan fingerprint density at radius 1 is 0.917 bits per heavy atom. The van der Waals surface area contributed by atoms with Crippen molar-refractivity contribution in [2.24, 2.45) is 0 Å². The van der Waals surface area contributed by atoms with Crippen LogP contribution in [-0.4, -0.2) is 98.1 Å². The Kier molecular flexibility index (Phi) is 6.97. The number of likely N-dealkylation sites (N-methyl/N-ethyl adjacent to an activating group) is 1. The Balaban J connectivity index is 1.39. The average molecular weight is 530 g/mol. The highest BCUT2D eigenvalue weighted by molar-refractivity contribution is 8.18. The van der Waals surface area contributed by atoms with Crippen molar-refractivity contribution < 1.29 is 18.0 Å². The van der Waals surface area contributed by atoms with Gasteiger partial charge in [-0.25, -0.2) is 13.4 Å². The molecule has 3 aliphatic heterocycles. The van der Waals surface area contributed by atoms with Gasteiger partial charge in [0, 0.05) is 58.4 Å². The quantitative estimate of drug-likeness (QED) is 0.563. The zero-order valence-corrected chi connectivity index (χ0v) is 21.5. The summed E-state index contributed by atoms with van der Waals surface area (Å²) in [7, 11) is -1.49. The average Bonchev–Trinajstić information content (AvgIpc) is 3.21. The van der Waals surface area contributed by atoms with Crippen LogP contribution in [0, 0.1) is 0 Å². The number of nitrogens with zero attached hydrogens (tertiary/aromatic N) is 6. The van der Waals surface area contributed by atoms with Crippen LogP contribution < -0.4 is 15.1 Å². The number of carbonyl (C=O) groups is 2. The second-order valence-electron chi connectivity index (χ2n) is 8.80. The summed E-state index contributed by atoms with van der Waals surface area (Å²) in [4.78, 5) is 40.1. The highest BCUT2D eigenvalue weighted by Crippen LogP contribution is 2.28. The van der Waals surface area contributed by atoms with Crippen molar-refractivity contribution in [2.75, 3.05) is 69.2 Å². The zero-order chi connectivity index (χ0) is 25.3. The first-order chi connectivity index (χ1) is 17.3. The highest BCUT2D eigenvalue weighted by atomic mass is 32.2. The van der Waals surface area contributed by atoms with E-state index in [0.717, 1.165) is 43.8 Å². The van der Waals surface area contributed by atoms with Crippen LogP contribution >= 0.6 is 11.8 Å². The monoisotopic (exact) mass is 529 g/mol. The molecule has 3 aliphatic rings. The predicted octanol–water partition coefficient (Wildman–Crippen LogP) is 1.06. The van der Waals surface area contributed by atoms with Crippen LogP contribution in [-0.2, 0) is 14.8 Å². The van der Waals surface area contributed by atoms with Crippen molar-refractivity contribution in [3.63, 3.8) is 0 Å². The van der Waals surface area contributed by atoms with Gasteiger partial charge in [-0.05, 0) is 37.0 Å². The largest absolute Gasteiger partial charge is 0.354 e. The van der Waals surface area contributed by atoms with Gasteiger partial charge in [0.05, 0.1) is 15.5 Å². The first-order valence-electron chi connectivity index (χ1n) is 11.7. The molecule has 0 saturated carbocycles. The number of thioether (sulfide) groups is 1.